The van der Waals surface area contributed by atoms with Crippen LogP contribution < -0.4 is 0 Å². The Kier molecular flexibility index (Phi) is 5.64. The fourth-order valence-corrected chi connectivity index (χ4v) is 8.19. The summed E-state index contributed by atoms with van der Waals surface area (Å²) >= 11 is 0. The quantitative estimate of drug-likeness (QED) is 0.550. The van der Waals surface area contributed by atoms with Gasteiger partial charge in [-0.3, -0.25) is 4.79 Å². The average molecular weight is 399 g/mol. The molecule has 0 aromatic rings. The van der Waals surface area contributed by atoms with E-state index in [0.717, 1.165) is 31.1 Å². The molecule has 0 radical (unpaired) electrons. The number of rotatable bonds is 4. The molecule has 3 fully saturated rings. The standard InChI is InChI=1S/C27H42O2/c1-17(2)7-6-8-18(3)21-9-10-22-25-23(12-14-27(21,22)5)26(4)13-11-20(28)15-19(26)16-24(25)29/h7,16,18,20-23,25,28H,6,8-15H2,1-5H3/t18-,20+,21-,22+,23+,25+,26+,27-/m1/s1. The molecule has 0 bridgehead atoms. The van der Waals surface area contributed by atoms with Gasteiger partial charge in [0.1, 0.15) is 0 Å². The molecule has 0 aromatic heterocycles. The second kappa shape index (κ2) is 7.66. The van der Waals surface area contributed by atoms with Crippen molar-refractivity contribution in [2.75, 3.05) is 0 Å². The van der Waals surface area contributed by atoms with E-state index in [2.05, 4.69) is 40.7 Å². The number of carbonyl (C=O) groups excluding carboxylic acids is 1. The molecule has 4 aliphatic carbocycles. The molecule has 0 amide bonds. The van der Waals surface area contributed by atoms with Crippen molar-refractivity contribution in [1.82, 2.24) is 0 Å². The van der Waals surface area contributed by atoms with Gasteiger partial charge in [0.05, 0.1) is 6.10 Å². The molecule has 3 saturated carbocycles. The van der Waals surface area contributed by atoms with E-state index in [1.165, 1.54) is 49.7 Å². The number of hydrogen-bond acceptors (Lipinski definition) is 2. The molecule has 1 N–H and O–H groups in total. The summed E-state index contributed by atoms with van der Waals surface area (Å²) in [5.41, 5.74) is 3.16. The lowest BCUT2D eigenvalue weighted by Crippen LogP contribution is -2.53. The van der Waals surface area contributed by atoms with Crippen LogP contribution in [0, 0.1) is 40.4 Å². The fraction of sp³-hybridized carbons (Fsp3) is 0.815. The molecule has 29 heavy (non-hydrogen) atoms. The lowest BCUT2D eigenvalue weighted by Gasteiger charge is -2.57. The van der Waals surface area contributed by atoms with Gasteiger partial charge in [-0.1, -0.05) is 38.0 Å². The maximum absolute atomic E-state index is 13.4. The summed E-state index contributed by atoms with van der Waals surface area (Å²) in [6.07, 6.45) is 14.3. The Balaban J connectivity index is 1.57. The maximum Gasteiger partial charge on any atom is 0.159 e. The van der Waals surface area contributed by atoms with E-state index in [4.69, 9.17) is 0 Å². The van der Waals surface area contributed by atoms with Gasteiger partial charge in [0.25, 0.3) is 0 Å². The number of allylic oxidation sites excluding steroid dienone is 3. The smallest absolute Gasteiger partial charge is 0.159 e. The van der Waals surface area contributed by atoms with Crippen molar-refractivity contribution in [2.24, 2.45) is 40.4 Å². The number of ketones is 1. The predicted molar refractivity (Wildman–Crippen MR) is 119 cm³/mol. The van der Waals surface area contributed by atoms with Gasteiger partial charge in [0, 0.05) is 5.92 Å². The topological polar surface area (TPSA) is 37.3 Å². The Labute approximate surface area is 178 Å². The summed E-state index contributed by atoms with van der Waals surface area (Å²) in [6, 6.07) is 0. The SMILES string of the molecule is CC(C)=CCC[C@@H](C)[C@H]1CC[C@H]2[C@@H]3C(=O)C=C4C[C@@H](O)CC[C@]4(C)[C@H]3CC[C@]12C. The van der Waals surface area contributed by atoms with Gasteiger partial charge in [-0.2, -0.15) is 0 Å². The van der Waals surface area contributed by atoms with Crippen LogP contribution in [0.1, 0.15) is 92.4 Å². The van der Waals surface area contributed by atoms with Crippen LogP contribution in [-0.2, 0) is 4.79 Å². The van der Waals surface area contributed by atoms with E-state index >= 15 is 0 Å². The molecule has 8 atom stereocenters. The largest absolute Gasteiger partial charge is 0.393 e. The molecule has 0 unspecified atom stereocenters. The first-order valence-corrected chi connectivity index (χ1v) is 12.2. The molecule has 2 heteroatoms. The summed E-state index contributed by atoms with van der Waals surface area (Å²) in [5.74, 6) is 3.19. The highest BCUT2D eigenvalue weighted by Gasteiger charge is 2.61. The van der Waals surface area contributed by atoms with Crippen LogP contribution in [-0.4, -0.2) is 17.0 Å². The van der Waals surface area contributed by atoms with E-state index in [0.29, 0.717) is 23.0 Å². The molecule has 0 aromatic carbocycles. The van der Waals surface area contributed by atoms with Crippen molar-refractivity contribution in [2.45, 2.75) is 98.5 Å². The highest BCUT2D eigenvalue weighted by molar-refractivity contribution is 5.94. The third kappa shape index (κ3) is 3.48. The summed E-state index contributed by atoms with van der Waals surface area (Å²) in [4.78, 5) is 13.4. The normalized spacial score (nSPS) is 45.0. The number of aliphatic hydroxyl groups excluding tert-OH is 1. The third-order valence-electron chi connectivity index (χ3n) is 9.85. The second-order valence-electron chi connectivity index (χ2n) is 11.7. The zero-order chi connectivity index (χ0) is 21.0. The van der Waals surface area contributed by atoms with Crippen LogP contribution in [0.4, 0.5) is 0 Å². The molecule has 0 saturated heterocycles. The number of aliphatic hydroxyl groups is 1. The van der Waals surface area contributed by atoms with E-state index in [1.54, 1.807) is 0 Å². The highest BCUT2D eigenvalue weighted by Crippen LogP contribution is 2.66. The highest BCUT2D eigenvalue weighted by atomic mass is 16.3. The Morgan fingerprint density at radius 1 is 1.17 bits per heavy atom. The van der Waals surface area contributed by atoms with E-state index in [-0.39, 0.29) is 17.4 Å². The lowest BCUT2D eigenvalue weighted by molar-refractivity contribution is -0.135. The van der Waals surface area contributed by atoms with Crippen molar-refractivity contribution in [3.63, 3.8) is 0 Å². The lowest BCUT2D eigenvalue weighted by atomic mass is 9.46. The van der Waals surface area contributed by atoms with Crippen LogP contribution in [0.5, 0.6) is 0 Å². The van der Waals surface area contributed by atoms with Gasteiger partial charge >= 0.3 is 0 Å². The first kappa shape index (κ1) is 21.3. The number of carbonyl (C=O) groups is 1. The second-order valence-corrected chi connectivity index (χ2v) is 11.7. The van der Waals surface area contributed by atoms with E-state index < -0.39 is 0 Å². The monoisotopic (exact) mass is 398 g/mol. The van der Waals surface area contributed by atoms with Crippen molar-refractivity contribution in [3.8, 4) is 0 Å². The molecular formula is C27H42O2. The zero-order valence-corrected chi connectivity index (χ0v) is 19.3. The summed E-state index contributed by atoms with van der Waals surface area (Å²) < 4.78 is 0. The molecule has 0 aliphatic heterocycles. The first-order chi connectivity index (χ1) is 13.7. The molecule has 2 nitrogen and oxygen atoms in total. The average Bonchev–Trinajstić information content (AvgIpc) is 3.00. The van der Waals surface area contributed by atoms with Crippen LogP contribution >= 0.6 is 0 Å². The van der Waals surface area contributed by atoms with Crippen LogP contribution in [0.15, 0.2) is 23.3 Å². The Hall–Kier alpha value is -0.890. The van der Waals surface area contributed by atoms with Crippen molar-refractivity contribution < 1.29 is 9.90 Å². The van der Waals surface area contributed by atoms with Gasteiger partial charge in [0.2, 0.25) is 0 Å². The third-order valence-corrected chi connectivity index (χ3v) is 9.85. The summed E-state index contributed by atoms with van der Waals surface area (Å²) in [6.45, 7) is 11.8. The van der Waals surface area contributed by atoms with Gasteiger partial charge in [0.15, 0.2) is 5.78 Å². The summed E-state index contributed by atoms with van der Waals surface area (Å²) in [7, 11) is 0. The van der Waals surface area contributed by atoms with E-state index in [9.17, 15) is 9.90 Å². The number of fused-ring (bicyclic) bond motifs is 5. The minimum Gasteiger partial charge on any atom is -0.393 e. The molecule has 4 aliphatic rings. The first-order valence-electron chi connectivity index (χ1n) is 12.2. The van der Waals surface area contributed by atoms with Gasteiger partial charge < -0.3 is 5.11 Å². The Morgan fingerprint density at radius 3 is 2.66 bits per heavy atom. The zero-order valence-electron chi connectivity index (χ0n) is 19.3. The molecule has 4 rings (SSSR count). The molecule has 162 valence electrons. The van der Waals surface area contributed by atoms with Crippen LogP contribution in [0.25, 0.3) is 0 Å². The van der Waals surface area contributed by atoms with Crippen LogP contribution in [0.2, 0.25) is 0 Å². The molecule has 0 spiro atoms. The van der Waals surface area contributed by atoms with Crippen LogP contribution in [0.3, 0.4) is 0 Å². The molecular weight excluding hydrogens is 356 g/mol. The minimum atomic E-state index is -0.245. The Morgan fingerprint density at radius 2 is 1.93 bits per heavy atom. The van der Waals surface area contributed by atoms with Gasteiger partial charge in [-0.15, -0.1) is 0 Å². The minimum absolute atomic E-state index is 0.145. The van der Waals surface area contributed by atoms with Crippen molar-refractivity contribution in [3.05, 3.63) is 23.3 Å². The predicted octanol–water partition coefficient (Wildman–Crippen LogP) is 6.49. The maximum atomic E-state index is 13.4. The Bertz CT molecular complexity index is 714. The van der Waals surface area contributed by atoms with Crippen molar-refractivity contribution in [1.29, 1.82) is 0 Å². The van der Waals surface area contributed by atoms with Crippen molar-refractivity contribution >= 4 is 5.78 Å². The van der Waals surface area contributed by atoms with E-state index in [1.807, 2.05) is 6.08 Å². The summed E-state index contributed by atoms with van der Waals surface area (Å²) in [5, 5.41) is 10.2. The van der Waals surface area contributed by atoms with Gasteiger partial charge in [-0.05, 0) is 112 Å². The van der Waals surface area contributed by atoms with Gasteiger partial charge in [-0.25, -0.2) is 0 Å². The molecule has 0 heterocycles. The fourth-order valence-electron chi connectivity index (χ4n) is 8.19. The number of hydrogen-bond donors (Lipinski definition) is 1.